The van der Waals surface area contributed by atoms with Crippen LogP contribution < -0.4 is 5.32 Å². The highest BCUT2D eigenvalue weighted by atomic mass is 32.1. The van der Waals surface area contributed by atoms with Gasteiger partial charge in [0.05, 0.1) is 5.69 Å². The fraction of sp³-hybridized carbons (Fsp3) is 0.350. The Hall–Kier alpha value is -2.67. The number of carbonyl (C=O) groups is 1. The first-order valence-corrected chi connectivity index (χ1v) is 9.98. The van der Waals surface area contributed by atoms with Gasteiger partial charge < -0.3 is 10.2 Å². The molecular weight excluding hydrogens is 358 g/mol. The number of hydrogen-bond donors (Lipinski definition) is 1. The van der Waals surface area contributed by atoms with Crippen LogP contribution in [0.1, 0.15) is 34.6 Å². The fourth-order valence-electron chi connectivity index (χ4n) is 3.90. The van der Waals surface area contributed by atoms with E-state index in [-0.39, 0.29) is 11.3 Å². The van der Waals surface area contributed by atoms with Crippen LogP contribution in [0.15, 0.2) is 48.0 Å². The summed E-state index contributed by atoms with van der Waals surface area (Å²) < 4.78 is 1.64. The maximum absolute atomic E-state index is 12.9. The van der Waals surface area contributed by atoms with Gasteiger partial charge in [0.15, 0.2) is 5.13 Å². The van der Waals surface area contributed by atoms with Gasteiger partial charge in [-0.3, -0.25) is 9.48 Å². The van der Waals surface area contributed by atoms with Crippen LogP contribution in [0.3, 0.4) is 0 Å². The summed E-state index contributed by atoms with van der Waals surface area (Å²) in [6, 6.07) is 12.3. The van der Waals surface area contributed by atoms with Crippen molar-refractivity contribution >= 4 is 22.4 Å². The van der Waals surface area contributed by atoms with Gasteiger partial charge in [0.2, 0.25) is 0 Å². The molecule has 0 saturated carbocycles. The lowest BCUT2D eigenvalue weighted by Gasteiger charge is -2.41. The van der Waals surface area contributed by atoms with Gasteiger partial charge in [0.1, 0.15) is 5.69 Å². The number of thiazole rings is 1. The van der Waals surface area contributed by atoms with Gasteiger partial charge in [-0.25, -0.2) is 4.98 Å². The van der Waals surface area contributed by atoms with E-state index in [9.17, 15) is 4.79 Å². The van der Waals surface area contributed by atoms with Crippen LogP contribution in [-0.2, 0) is 12.5 Å². The van der Waals surface area contributed by atoms with Gasteiger partial charge in [-0.2, -0.15) is 5.10 Å². The number of benzene rings is 1. The van der Waals surface area contributed by atoms with E-state index >= 15 is 0 Å². The largest absolute Gasteiger partial charge is 0.365 e. The fourth-order valence-corrected chi connectivity index (χ4v) is 4.67. The third-order valence-corrected chi connectivity index (χ3v) is 6.34. The molecule has 0 atom stereocenters. The molecule has 1 saturated heterocycles. The summed E-state index contributed by atoms with van der Waals surface area (Å²) in [6.45, 7) is 1.40. The number of aryl methyl sites for hydroxylation is 1. The molecule has 0 spiro atoms. The third kappa shape index (κ3) is 3.12. The Labute approximate surface area is 162 Å². The smallest absolute Gasteiger partial charge is 0.272 e. The molecule has 0 radical (unpaired) electrons. The van der Waals surface area contributed by atoms with Gasteiger partial charge in [0, 0.05) is 44.2 Å². The van der Waals surface area contributed by atoms with Crippen molar-refractivity contribution in [3.05, 3.63) is 64.9 Å². The lowest BCUT2D eigenvalue weighted by atomic mass is 9.70. The van der Waals surface area contributed by atoms with Crippen molar-refractivity contribution in [1.29, 1.82) is 0 Å². The molecule has 0 aliphatic carbocycles. The van der Waals surface area contributed by atoms with Crippen molar-refractivity contribution < 1.29 is 4.79 Å². The number of nitrogens with one attached hydrogen (secondary N) is 1. The average Bonchev–Trinajstić information content (AvgIpc) is 3.37. The molecule has 4 rings (SSSR count). The molecule has 0 unspecified atom stereocenters. The number of aromatic nitrogens is 3. The van der Waals surface area contributed by atoms with E-state index in [1.807, 2.05) is 18.0 Å². The van der Waals surface area contributed by atoms with Gasteiger partial charge in [-0.15, -0.1) is 11.3 Å². The van der Waals surface area contributed by atoms with Crippen LogP contribution in [-0.4, -0.2) is 45.7 Å². The van der Waals surface area contributed by atoms with Crippen LogP contribution in [0.4, 0.5) is 5.13 Å². The van der Waals surface area contributed by atoms with Gasteiger partial charge in [-0.05, 0) is 24.5 Å². The third-order valence-electron chi connectivity index (χ3n) is 5.48. The molecule has 2 aromatic heterocycles. The number of hydrogen-bond acceptors (Lipinski definition) is 5. The summed E-state index contributed by atoms with van der Waals surface area (Å²) in [7, 11) is 3.70. The molecule has 1 N–H and O–H groups in total. The quantitative estimate of drug-likeness (QED) is 0.754. The van der Waals surface area contributed by atoms with Crippen molar-refractivity contribution in [2.45, 2.75) is 18.3 Å². The molecule has 7 heteroatoms. The van der Waals surface area contributed by atoms with E-state index in [1.54, 1.807) is 35.3 Å². The molecule has 3 aromatic rings. The minimum absolute atomic E-state index is 0.0471. The molecule has 1 fully saturated rings. The summed E-state index contributed by atoms with van der Waals surface area (Å²) in [4.78, 5) is 19.6. The predicted octanol–water partition coefficient (Wildman–Crippen LogP) is 3.14. The summed E-state index contributed by atoms with van der Waals surface area (Å²) >= 11 is 1.63. The van der Waals surface area contributed by atoms with Gasteiger partial charge >= 0.3 is 0 Å². The molecule has 27 heavy (non-hydrogen) atoms. The Balaban J connectivity index is 1.63. The number of anilines is 1. The minimum atomic E-state index is -0.157. The highest BCUT2D eigenvalue weighted by Crippen LogP contribution is 2.42. The summed E-state index contributed by atoms with van der Waals surface area (Å²) in [6.07, 6.45) is 3.38. The molecule has 1 aliphatic rings. The minimum Gasteiger partial charge on any atom is -0.365 e. The van der Waals surface area contributed by atoms with Crippen LogP contribution in [0.5, 0.6) is 0 Å². The highest BCUT2D eigenvalue weighted by Gasteiger charge is 2.41. The molecular formula is C20H23N5OS. The van der Waals surface area contributed by atoms with E-state index in [1.165, 1.54) is 5.56 Å². The van der Waals surface area contributed by atoms with Crippen LogP contribution >= 0.6 is 11.3 Å². The number of nitrogens with zero attached hydrogens (tertiary/aromatic N) is 4. The van der Waals surface area contributed by atoms with E-state index < -0.39 is 0 Å². The first-order chi connectivity index (χ1) is 13.1. The Morgan fingerprint density at radius 2 is 1.93 bits per heavy atom. The first kappa shape index (κ1) is 17.7. The summed E-state index contributed by atoms with van der Waals surface area (Å²) in [5, 5.41) is 10.3. The standard InChI is InChI=1S/C20H23N5OS/c1-21-19-23-17(14-27-19)20(15-6-4-3-5-7-15)9-12-25(13-10-20)18(26)16-8-11-22-24(16)2/h3-8,11,14H,9-10,12-13H2,1-2H3,(H,21,23). The SMILES string of the molecule is CNc1nc(C2(c3ccccc3)CCN(C(=O)c3ccnn3C)CC2)cs1. The lowest BCUT2D eigenvalue weighted by Crippen LogP contribution is -2.46. The maximum atomic E-state index is 12.9. The van der Waals surface area contributed by atoms with E-state index in [2.05, 4.69) is 40.1 Å². The normalized spacial score (nSPS) is 16.3. The molecule has 1 aliphatic heterocycles. The lowest BCUT2D eigenvalue weighted by molar-refractivity contribution is 0.0673. The molecule has 140 valence electrons. The number of amides is 1. The molecule has 3 heterocycles. The van der Waals surface area contributed by atoms with Crippen LogP contribution in [0.2, 0.25) is 0 Å². The highest BCUT2D eigenvalue weighted by molar-refractivity contribution is 7.13. The van der Waals surface area contributed by atoms with Crippen molar-refractivity contribution in [3.63, 3.8) is 0 Å². The maximum Gasteiger partial charge on any atom is 0.272 e. The topological polar surface area (TPSA) is 63.1 Å². The zero-order valence-corrected chi connectivity index (χ0v) is 16.4. The van der Waals surface area contributed by atoms with Crippen molar-refractivity contribution in [1.82, 2.24) is 19.7 Å². The number of carbonyl (C=O) groups excluding carboxylic acids is 1. The summed E-state index contributed by atoms with van der Waals surface area (Å²) in [5.74, 6) is 0.0471. The Morgan fingerprint density at radius 1 is 1.19 bits per heavy atom. The van der Waals surface area contributed by atoms with Crippen molar-refractivity contribution in [3.8, 4) is 0 Å². The number of rotatable bonds is 4. The molecule has 1 aromatic carbocycles. The Bertz CT molecular complexity index is 925. The summed E-state index contributed by atoms with van der Waals surface area (Å²) in [5.41, 5.74) is 2.84. The number of piperidine rings is 1. The van der Waals surface area contributed by atoms with Crippen molar-refractivity contribution in [2.24, 2.45) is 7.05 Å². The second-order valence-corrected chi connectivity index (χ2v) is 7.73. The number of likely N-dealkylation sites (tertiary alicyclic amines) is 1. The van der Waals surface area contributed by atoms with E-state index in [0.717, 1.165) is 23.7 Å². The second-order valence-electron chi connectivity index (χ2n) is 6.87. The zero-order chi connectivity index (χ0) is 18.9. The second kappa shape index (κ2) is 7.15. The van der Waals surface area contributed by atoms with E-state index in [4.69, 9.17) is 4.98 Å². The van der Waals surface area contributed by atoms with Gasteiger partial charge in [0.25, 0.3) is 5.91 Å². The molecule has 6 nitrogen and oxygen atoms in total. The van der Waals surface area contributed by atoms with E-state index in [0.29, 0.717) is 18.8 Å². The van der Waals surface area contributed by atoms with Gasteiger partial charge in [-0.1, -0.05) is 30.3 Å². The zero-order valence-electron chi connectivity index (χ0n) is 15.6. The monoisotopic (exact) mass is 381 g/mol. The van der Waals surface area contributed by atoms with Crippen LogP contribution in [0, 0.1) is 0 Å². The molecule has 0 bridgehead atoms. The predicted molar refractivity (Wildman–Crippen MR) is 107 cm³/mol. The Morgan fingerprint density at radius 3 is 2.52 bits per heavy atom. The van der Waals surface area contributed by atoms with Crippen molar-refractivity contribution in [2.75, 3.05) is 25.5 Å². The first-order valence-electron chi connectivity index (χ1n) is 9.10. The average molecular weight is 382 g/mol. The molecule has 1 amide bonds. The Kier molecular flexibility index (Phi) is 4.70. The van der Waals surface area contributed by atoms with Crippen LogP contribution in [0.25, 0.3) is 0 Å².